The summed E-state index contributed by atoms with van der Waals surface area (Å²) in [5, 5.41) is 11.9. The van der Waals surface area contributed by atoms with E-state index in [1.807, 2.05) is 61.7 Å². The Labute approximate surface area is 154 Å². The lowest BCUT2D eigenvalue weighted by Gasteiger charge is -2.10. The van der Waals surface area contributed by atoms with E-state index in [1.165, 1.54) is 0 Å². The Morgan fingerprint density at radius 2 is 2.08 bits per heavy atom. The van der Waals surface area contributed by atoms with Crippen molar-refractivity contribution in [3.63, 3.8) is 0 Å². The van der Waals surface area contributed by atoms with Crippen LogP contribution in [0.1, 0.15) is 18.9 Å². The lowest BCUT2D eigenvalue weighted by atomic mass is 9.98. The van der Waals surface area contributed by atoms with Gasteiger partial charge in [0, 0.05) is 35.2 Å². The summed E-state index contributed by atoms with van der Waals surface area (Å²) in [5.41, 5.74) is 7.81. The summed E-state index contributed by atoms with van der Waals surface area (Å²) in [6.07, 6.45) is 8.56. The van der Waals surface area contributed by atoms with Gasteiger partial charge < -0.3 is 5.32 Å². The van der Waals surface area contributed by atoms with Crippen molar-refractivity contribution in [1.29, 1.82) is 0 Å². The molecule has 0 saturated carbocycles. The van der Waals surface area contributed by atoms with Crippen LogP contribution in [0, 0.1) is 0 Å². The standard InChI is InChI=1S/C20H20BN5/c1-14-8-7-11-18(12-14)26-13-19(20(21)25-26)15(2)23-24-16(3)22-17-9-5-4-6-10-17/h4-11,13,22,24H,1,3,12H2,2H3/b23-15+. The van der Waals surface area contributed by atoms with Crippen LogP contribution >= 0.6 is 0 Å². The Bertz CT molecular complexity index is 919. The van der Waals surface area contributed by atoms with Crippen LogP contribution in [0.3, 0.4) is 0 Å². The highest BCUT2D eigenvalue weighted by molar-refractivity contribution is 6.35. The molecule has 3 rings (SSSR count). The monoisotopic (exact) mass is 341 g/mol. The van der Waals surface area contributed by atoms with Gasteiger partial charge >= 0.3 is 0 Å². The maximum absolute atomic E-state index is 6.07. The van der Waals surface area contributed by atoms with Gasteiger partial charge in [-0.15, -0.1) is 0 Å². The smallest absolute Gasteiger partial charge is 0.145 e. The Balaban J connectivity index is 1.69. The quantitative estimate of drug-likeness (QED) is 0.483. The minimum atomic E-state index is 0.427. The fraction of sp³-hybridized carbons (Fsp3) is 0.100. The molecule has 26 heavy (non-hydrogen) atoms. The Morgan fingerprint density at radius 3 is 2.81 bits per heavy atom. The number of anilines is 1. The molecule has 0 bridgehead atoms. The molecule has 0 fully saturated rings. The summed E-state index contributed by atoms with van der Waals surface area (Å²) in [6, 6.07) is 9.75. The number of allylic oxidation sites excluding steroid dienone is 5. The van der Waals surface area contributed by atoms with Gasteiger partial charge in [0.15, 0.2) is 0 Å². The van der Waals surface area contributed by atoms with Crippen LogP contribution in [0.2, 0.25) is 0 Å². The van der Waals surface area contributed by atoms with E-state index >= 15 is 0 Å². The molecule has 1 aromatic carbocycles. The first-order valence-electron chi connectivity index (χ1n) is 8.25. The molecule has 2 aromatic rings. The maximum atomic E-state index is 6.07. The largest absolute Gasteiger partial charge is 0.341 e. The van der Waals surface area contributed by atoms with Crippen LogP contribution in [-0.2, 0) is 0 Å². The highest BCUT2D eigenvalue weighted by Gasteiger charge is 2.12. The number of benzene rings is 1. The molecule has 5 nitrogen and oxygen atoms in total. The van der Waals surface area contributed by atoms with Crippen molar-refractivity contribution < 1.29 is 0 Å². The maximum Gasteiger partial charge on any atom is 0.145 e. The molecule has 1 aliphatic rings. The molecule has 128 valence electrons. The molecule has 0 spiro atoms. The number of aromatic nitrogens is 2. The second kappa shape index (κ2) is 7.74. The molecule has 0 atom stereocenters. The van der Waals surface area contributed by atoms with E-state index in [9.17, 15) is 0 Å². The van der Waals surface area contributed by atoms with E-state index in [0.717, 1.165) is 34.7 Å². The fourth-order valence-corrected chi connectivity index (χ4v) is 2.55. The summed E-state index contributed by atoms with van der Waals surface area (Å²) in [4.78, 5) is 0. The minimum Gasteiger partial charge on any atom is -0.341 e. The van der Waals surface area contributed by atoms with Gasteiger partial charge in [-0.25, -0.2) is 4.68 Å². The summed E-state index contributed by atoms with van der Waals surface area (Å²) in [6.45, 7) is 9.77. The summed E-state index contributed by atoms with van der Waals surface area (Å²) >= 11 is 0. The van der Waals surface area contributed by atoms with Crippen LogP contribution in [0.5, 0.6) is 0 Å². The molecule has 6 heteroatoms. The minimum absolute atomic E-state index is 0.427. The number of nitrogens with one attached hydrogen (secondary N) is 2. The van der Waals surface area contributed by atoms with Crippen LogP contribution in [0.25, 0.3) is 5.70 Å². The zero-order valence-corrected chi connectivity index (χ0v) is 14.7. The van der Waals surface area contributed by atoms with Crippen molar-refractivity contribution in [2.45, 2.75) is 13.3 Å². The van der Waals surface area contributed by atoms with Gasteiger partial charge in [-0.1, -0.05) is 43.5 Å². The number of hydrogen-bond acceptors (Lipinski definition) is 4. The highest BCUT2D eigenvalue weighted by atomic mass is 15.3. The summed E-state index contributed by atoms with van der Waals surface area (Å²) < 4.78 is 1.77. The van der Waals surface area contributed by atoms with Gasteiger partial charge in [0.1, 0.15) is 13.7 Å². The predicted molar refractivity (Wildman–Crippen MR) is 109 cm³/mol. The Morgan fingerprint density at radius 1 is 1.31 bits per heavy atom. The zero-order chi connectivity index (χ0) is 18.5. The summed E-state index contributed by atoms with van der Waals surface area (Å²) in [7, 11) is 6.07. The first-order chi connectivity index (χ1) is 12.5. The Hall–Kier alpha value is -3.28. The molecule has 2 radical (unpaired) electrons. The van der Waals surface area contributed by atoms with Crippen LogP contribution in [-0.4, -0.2) is 23.3 Å². The molecule has 1 aliphatic carbocycles. The molecule has 0 saturated heterocycles. The first-order valence-corrected chi connectivity index (χ1v) is 8.25. The second-order valence-corrected chi connectivity index (χ2v) is 6.00. The van der Waals surface area contributed by atoms with E-state index in [-0.39, 0.29) is 0 Å². The fourth-order valence-electron chi connectivity index (χ4n) is 2.55. The highest BCUT2D eigenvalue weighted by Crippen LogP contribution is 2.19. The van der Waals surface area contributed by atoms with Crippen LogP contribution in [0.4, 0.5) is 5.69 Å². The van der Waals surface area contributed by atoms with E-state index in [1.54, 1.807) is 4.68 Å². The van der Waals surface area contributed by atoms with Crippen molar-refractivity contribution >= 4 is 30.5 Å². The summed E-state index contributed by atoms with van der Waals surface area (Å²) in [5.74, 6) is 0.568. The van der Waals surface area contributed by atoms with Gasteiger partial charge in [-0.2, -0.15) is 10.2 Å². The van der Waals surface area contributed by atoms with Gasteiger partial charge in [0.25, 0.3) is 0 Å². The molecule has 2 N–H and O–H groups in total. The molecule has 1 heterocycles. The van der Waals surface area contributed by atoms with E-state index in [4.69, 9.17) is 7.85 Å². The molecular formula is C20H20BN5. The van der Waals surface area contributed by atoms with E-state index < -0.39 is 0 Å². The molecular weight excluding hydrogens is 321 g/mol. The number of nitrogens with zero attached hydrogens (tertiary/aromatic N) is 3. The van der Waals surface area contributed by atoms with Crippen molar-refractivity contribution in [3.8, 4) is 0 Å². The van der Waals surface area contributed by atoms with Crippen molar-refractivity contribution in [2.24, 2.45) is 5.10 Å². The Kier molecular flexibility index (Phi) is 5.22. The zero-order valence-electron chi connectivity index (χ0n) is 14.7. The predicted octanol–water partition coefficient (Wildman–Crippen LogP) is 2.93. The molecule has 0 aliphatic heterocycles. The third-order valence-corrected chi connectivity index (χ3v) is 3.88. The molecule has 0 unspecified atom stereocenters. The second-order valence-electron chi connectivity index (χ2n) is 6.00. The SMILES string of the molecule is [B]c1nn(C2=CC=CC(=C)C2)cc1/C(C)=N/NC(=C)Nc1ccccc1. The van der Waals surface area contributed by atoms with E-state index in [2.05, 4.69) is 34.1 Å². The number of hydrazone groups is 1. The van der Waals surface area contributed by atoms with Gasteiger partial charge in [-0.05, 0) is 30.7 Å². The number of para-hydroxylation sites is 1. The number of rotatable bonds is 6. The van der Waals surface area contributed by atoms with Gasteiger partial charge in [0.2, 0.25) is 0 Å². The van der Waals surface area contributed by atoms with Crippen LogP contribution < -0.4 is 16.3 Å². The molecule has 0 amide bonds. The normalized spacial score (nSPS) is 14.1. The van der Waals surface area contributed by atoms with E-state index in [0.29, 0.717) is 11.4 Å². The number of hydrogen-bond donors (Lipinski definition) is 2. The average Bonchev–Trinajstić information content (AvgIpc) is 3.02. The lowest BCUT2D eigenvalue weighted by molar-refractivity contribution is 0.880. The van der Waals surface area contributed by atoms with Crippen molar-refractivity contribution in [3.05, 3.63) is 84.9 Å². The third-order valence-electron chi connectivity index (χ3n) is 3.88. The van der Waals surface area contributed by atoms with Crippen LogP contribution in [0.15, 0.2) is 84.4 Å². The first kappa shape index (κ1) is 17.5. The lowest BCUT2D eigenvalue weighted by Crippen LogP contribution is -2.18. The van der Waals surface area contributed by atoms with Gasteiger partial charge in [0.05, 0.1) is 5.71 Å². The van der Waals surface area contributed by atoms with Crippen molar-refractivity contribution in [1.82, 2.24) is 15.2 Å². The van der Waals surface area contributed by atoms with Crippen molar-refractivity contribution in [2.75, 3.05) is 5.32 Å². The third kappa shape index (κ3) is 4.22. The topological polar surface area (TPSA) is 54.2 Å². The molecule has 1 aromatic heterocycles. The average molecular weight is 341 g/mol. The van der Waals surface area contributed by atoms with Gasteiger partial charge in [-0.3, -0.25) is 5.43 Å².